The van der Waals surface area contributed by atoms with E-state index in [1.165, 1.54) is 12.0 Å². The fraction of sp³-hybridized carbons (Fsp3) is 0.696. The number of benzene rings is 1. The lowest BCUT2D eigenvalue weighted by Crippen LogP contribution is -2.46. The highest BCUT2D eigenvalue weighted by Gasteiger charge is 2.29. The van der Waals surface area contributed by atoms with Gasteiger partial charge in [-0.1, -0.05) is 50.6 Å². The van der Waals surface area contributed by atoms with E-state index in [-0.39, 0.29) is 6.09 Å². The average Bonchev–Trinajstić information content (AvgIpc) is 2.84. The molecule has 1 aliphatic rings. The van der Waals surface area contributed by atoms with Crippen molar-refractivity contribution in [3.8, 4) is 0 Å². The van der Waals surface area contributed by atoms with Gasteiger partial charge in [0, 0.05) is 25.7 Å². The van der Waals surface area contributed by atoms with Crippen LogP contribution in [-0.2, 0) is 11.3 Å². The van der Waals surface area contributed by atoms with Crippen LogP contribution in [0.2, 0.25) is 0 Å². The van der Waals surface area contributed by atoms with Crippen LogP contribution in [0.5, 0.6) is 0 Å². The third kappa shape index (κ3) is 7.92. The Bertz CT molecular complexity index is 565. The van der Waals surface area contributed by atoms with Crippen molar-refractivity contribution >= 4 is 6.09 Å². The Morgan fingerprint density at radius 3 is 2.56 bits per heavy atom. The molecule has 0 aliphatic carbocycles. The molecule has 1 saturated heterocycles. The normalized spacial score (nSPS) is 18.6. The zero-order chi connectivity index (χ0) is 19.9. The highest BCUT2D eigenvalue weighted by molar-refractivity contribution is 5.68. The second-order valence-corrected chi connectivity index (χ2v) is 9.21. The van der Waals surface area contributed by atoms with Gasteiger partial charge in [-0.05, 0) is 58.1 Å². The summed E-state index contributed by atoms with van der Waals surface area (Å²) in [5.74, 6) is 0.677. The largest absolute Gasteiger partial charge is 0.444 e. The number of ether oxygens (including phenoxy) is 1. The molecule has 1 unspecified atom stereocenters. The molecule has 152 valence electrons. The topological polar surface area (TPSA) is 32.8 Å². The van der Waals surface area contributed by atoms with Gasteiger partial charge in [0.05, 0.1) is 0 Å². The highest BCUT2D eigenvalue weighted by Crippen LogP contribution is 2.21. The van der Waals surface area contributed by atoms with Crippen LogP contribution in [0.25, 0.3) is 0 Å². The summed E-state index contributed by atoms with van der Waals surface area (Å²) in [5, 5.41) is 0. The molecule has 0 radical (unpaired) electrons. The summed E-state index contributed by atoms with van der Waals surface area (Å²) in [4.78, 5) is 17.2. The van der Waals surface area contributed by atoms with E-state index in [4.69, 9.17) is 4.74 Å². The molecule has 1 aromatic carbocycles. The number of rotatable bonds is 6. The first-order valence-corrected chi connectivity index (χ1v) is 10.5. The second kappa shape index (κ2) is 10.1. The number of carbonyl (C=O) groups excluding carboxylic acids is 1. The van der Waals surface area contributed by atoms with Crippen LogP contribution in [0.1, 0.15) is 65.9 Å². The Labute approximate surface area is 165 Å². The number of nitrogens with zero attached hydrogens (tertiary/aromatic N) is 2. The van der Waals surface area contributed by atoms with Gasteiger partial charge in [-0.15, -0.1) is 0 Å². The summed E-state index contributed by atoms with van der Waals surface area (Å²) < 4.78 is 5.65. The number of amides is 1. The van der Waals surface area contributed by atoms with Crippen molar-refractivity contribution in [2.75, 3.05) is 19.6 Å². The molecule has 0 saturated carbocycles. The van der Waals surface area contributed by atoms with E-state index in [1.54, 1.807) is 0 Å². The number of carbonyl (C=O) groups is 1. The maximum absolute atomic E-state index is 12.6. The molecule has 4 heteroatoms. The highest BCUT2D eigenvalue weighted by atomic mass is 16.6. The minimum atomic E-state index is -0.444. The van der Waals surface area contributed by atoms with Crippen molar-refractivity contribution < 1.29 is 9.53 Å². The van der Waals surface area contributed by atoms with E-state index < -0.39 is 5.60 Å². The third-order valence-electron chi connectivity index (χ3n) is 5.04. The van der Waals surface area contributed by atoms with Gasteiger partial charge < -0.3 is 9.64 Å². The summed E-state index contributed by atoms with van der Waals surface area (Å²) in [6.07, 6.45) is 4.37. The van der Waals surface area contributed by atoms with E-state index in [2.05, 4.69) is 49.1 Å². The van der Waals surface area contributed by atoms with Crippen molar-refractivity contribution in [2.45, 2.75) is 78.5 Å². The first kappa shape index (κ1) is 21.7. The SMILES string of the molecule is CC(C)CCN(Cc1ccccc1)C1CCCCN(C(=O)OC(C)(C)C)C1. The van der Waals surface area contributed by atoms with Gasteiger partial charge in [-0.3, -0.25) is 4.90 Å². The fourth-order valence-electron chi connectivity index (χ4n) is 3.54. The van der Waals surface area contributed by atoms with Gasteiger partial charge in [-0.25, -0.2) is 4.79 Å². The summed E-state index contributed by atoms with van der Waals surface area (Å²) in [6, 6.07) is 11.1. The lowest BCUT2D eigenvalue weighted by molar-refractivity contribution is 0.0199. The molecule has 0 N–H and O–H groups in total. The Morgan fingerprint density at radius 2 is 1.93 bits per heavy atom. The van der Waals surface area contributed by atoms with Crippen LogP contribution in [0, 0.1) is 5.92 Å². The third-order valence-corrected chi connectivity index (χ3v) is 5.04. The van der Waals surface area contributed by atoms with Crippen LogP contribution in [0.4, 0.5) is 4.79 Å². The standard InChI is InChI=1S/C23H38N2O2/c1-19(2)14-16-24(17-20-11-7-6-8-12-20)21-13-9-10-15-25(18-21)22(26)27-23(3,4)5/h6-8,11-12,19,21H,9-10,13-18H2,1-5H3. The molecule has 1 atom stereocenters. The van der Waals surface area contributed by atoms with Crippen LogP contribution >= 0.6 is 0 Å². The summed E-state index contributed by atoms with van der Waals surface area (Å²) in [7, 11) is 0. The zero-order valence-electron chi connectivity index (χ0n) is 17.9. The summed E-state index contributed by atoms with van der Waals surface area (Å²) in [5.41, 5.74) is 0.898. The predicted octanol–water partition coefficient (Wildman–Crippen LogP) is 5.32. The van der Waals surface area contributed by atoms with E-state index >= 15 is 0 Å². The van der Waals surface area contributed by atoms with Gasteiger partial charge in [0.25, 0.3) is 0 Å². The minimum absolute atomic E-state index is 0.169. The predicted molar refractivity (Wildman–Crippen MR) is 112 cm³/mol. The Balaban J connectivity index is 2.10. The molecular formula is C23H38N2O2. The first-order chi connectivity index (χ1) is 12.7. The number of hydrogen-bond acceptors (Lipinski definition) is 3. The van der Waals surface area contributed by atoms with E-state index in [0.717, 1.165) is 45.4 Å². The Hall–Kier alpha value is -1.55. The smallest absolute Gasteiger partial charge is 0.410 e. The van der Waals surface area contributed by atoms with Gasteiger partial charge in [0.2, 0.25) is 0 Å². The molecule has 4 nitrogen and oxygen atoms in total. The van der Waals surface area contributed by atoms with Gasteiger partial charge in [-0.2, -0.15) is 0 Å². The number of likely N-dealkylation sites (tertiary alicyclic amines) is 1. The molecule has 1 heterocycles. The molecule has 0 spiro atoms. The van der Waals surface area contributed by atoms with Crippen molar-refractivity contribution in [3.05, 3.63) is 35.9 Å². The average molecular weight is 375 g/mol. The fourth-order valence-corrected chi connectivity index (χ4v) is 3.54. The lowest BCUT2D eigenvalue weighted by atomic mass is 10.1. The van der Waals surface area contributed by atoms with Crippen molar-refractivity contribution in [2.24, 2.45) is 5.92 Å². The van der Waals surface area contributed by atoms with Gasteiger partial charge in [0.15, 0.2) is 0 Å². The molecular weight excluding hydrogens is 336 g/mol. The second-order valence-electron chi connectivity index (χ2n) is 9.21. The Morgan fingerprint density at radius 1 is 1.22 bits per heavy atom. The molecule has 27 heavy (non-hydrogen) atoms. The van der Waals surface area contributed by atoms with Crippen LogP contribution in [0.3, 0.4) is 0 Å². The monoisotopic (exact) mass is 374 g/mol. The summed E-state index contributed by atoms with van der Waals surface area (Å²) >= 11 is 0. The van der Waals surface area contributed by atoms with Crippen LogP contribution < -0.4 is 0 Å². The quantitative estimate of drug-likeness (QED) is 0.675. The molecule has 1 aliphatic heterocycles. The lowest BCUT2D eigenvalue weighted by Gasteiger charge is -2.35. The molecule has 1 fully saturated rings. The molecule has 0 bridgehead atoms. The van der Waals surface area contributed by atoms with E-state index in [1.807, 2.05) is 25.7 Å². The van der Waals surface area contributed by atoms with E-state index in [9.17, 15) is 4.79 Å². The molecule has 2 rings (SSSR count). The number of hydrogen-bond donors (Lipinski definition) is 0. The van der Waals surface area contributed by atoms with Gasteiger partial charge >= 0.3 is 6.09 Å². The van der Waals surface area contributed by atoms with Crippen LogP contribution in [0.15, 0.2) is 30.3 Å². The molecule has 0 aromatic heterocycles. The minimum Gasteiger partial charge on any atom is -0.444 e. The first-order valence-electron chi connectivity index (χ1n) is 10.5. The molecule has 1 amide bonds. The Kier molecular flexibility index (Phi) is 8.15. The maximum Gasteiger partial charge on any atom is 0.410 e. The molecule has 1 aromatic rings. The zero-order valence-corrected chi connectivity index (χ0v) is 17.9. The van der Waals surface area contributed by atoms with Crippen LogP contribution in [-0.4, -0.2) is 47.2 Å². The van der Waals surface area contributed by atoms with Crippen molar-refractivity contribution in [1.82, 2.24) is 9.80 Å². The maximum atomic E-state index is 12.6. The van der Waals surface area contributed by atoms with E-state index in [0.29, 0.717) is 12.0 Å². The summed E-state index contributed by atoms with van der Waals surface area (Å²) in [6.45, 7) is 13.9. The van der Waals surface area contributed by atoms with Crippen molar-refractivity contribution in [3.63, 3.8) is 0 Å². The van der Waals surface area contributed by atoms with Crippen molar-refractivity contribution in [1.29, 1.82) is 0 Å². The van der Waals surface area contributed by atoms with Gasteiger partial charge in [0.1, 0.15) is 5.60 Å².